The molecule has 0 aromatic heterocycles. The van der Waals surface area contributed by atoms with E-state index in [4.69, 9.17) is 0 Å². The lowest BCUT2D eigenvalue weighted by molar-refractivity contribution is -0.00000457. The maximum Gasteiger partial charge on any atom is 0.140 e. The van der Waals surface area contributed by atoms with E-state index in [0.717, 1.165) is 4.48 Å². The number of halogens is 1. The third-order valence-electron chi connectivity index (χ3n) is 4.66. The van der Waals surface area contributed by atoms with Gasteiger partial charge in [-0.15, -0.1) is 0 Å². The Hall–Kier alpha value is -1.12. The molecule has 0 saturated heterocycles. The first-order valence-corrected chi connectivity index (χ1v) is 8.01. The van der Waals surface area contributed by atoms with Gasteiger partial charge in [-0.05, 0) is 54.9 Å². The molecular formula is C20H26BrN. The molecule has 0 atom stereocenters. The highest BCUT2D eigenvalue weighted by molar-refractivity contribution is 5.83. The van der Waals surface area contributed by atoms with Crippen molar-refractivity contribution >= 4 is 5.69 Å². The summed E-state index contributed by atoms with van der Waals surface area (Å²) >= 11 is 0. The van der Waals surface area contributed by atoms with Crippen LogP contribution in [0.1, 0.15) is 29.5 Å². The fourth-order valence-corrected chi connectivity index (χ4v) is 3.52. The van der Waals surface area contributed by atoms with Gasteiger partial charge in [-0.2, -0.15) is 0 Å². The summed E-state index contributed by atoms with van der Waals surface area (Å²) in [4.78, 5) is 0. The Morgan fingerprint density at radius 3 is 2.27 bits per heavy atom. The molecule has 2 aromatic carbocycles. The number of quaternary nitrogens is 1. The van der Waals surface area contributed by atoms with Gasteiger partial charge in [-0.3, -0.25) is 4.48 Å². The average molecular weight is 360 g/mol. The first-order valence-electron chi connectivity index (χ1n) is 8.01. The molecule has 0 fully saturated rings. The number of nitrogens with zero attached hydrogens (tertiary/aromatic N) is 1. The summed E-state index contributed by atoms with van der Waals surface area (Å²) in [7, 11) is 6.81. The molecule has 1 aliphatic rings. The molecule has 0 heterocycles. The topological polar surface area (TPSA) is 0 Å². The number of rotatable bonds is 1. The van der Waals surface area contributed by atoms with Crippen LogP contribution < -0.4 is 21.5 Å². The zero-order chi connectivity index (χ0) is 15.0. The molecule has 2 heteroatoms. The van der Waals surface area contributed by atoms with Gasteiger partial charge < -0.3 is 17.0 Å². The first-order chi connectivity index (χ1) is 9.98. The lowest BCUT2D eigenvalue weighted by Gasteiger charge is -2.30. The second-order valence-corrected chi connectivity index (χ2v) is 7.13. The van der Waals surface area contributed by atoms with Gasteiger partial charge in [-0.25, -0.2) is 0 Å². The van der Waals surface area contributed by atoms with E-state index in [1.54, 1.807) is 5.56 Å². The second-order valence-electron chi connectivity index (χ2n) is 7.13. The van der Waals surface area contributed by atoms with Crippen LogP contribution in [0.15, 0.2) is 36.4 Å². The van der Waals surface area contributed by atoms with Crippen molar-refractivity contribution in [3.63, 3.8) is 0 Å². The Morgan fingerprint density at radius 2 is 1.55 bits per heavy atom. The number of benzene rings is 2. The largest absolute Gasteiger partial charge is 1.00 e. The summed E-state index contributed by atoms with van der Waals surface area (Å²) in [6, 6.07) is 13.6. The Balaban J connectivity index is 0.00000176. The van der Waals surface area contributed by atoms with Gasteiger partial charge in [0.25, 0.3) is 0 Å². The number of hydrogen-bond acceptors (Lipinski definition) is 0. The van der Waals surface area contributed by atoms with Crippen molar-refractivity contribution in [2.45, 2.75) is 32.6 Å². The van der Waals surface area contributed by atoms with Crippen molar-refractivity contribution in [2.24, 2.45) is 0 Å². The van der Waals surface area contributed by atoms with Gasteiger partial charge in [-0.1, -0.05) is 30.3 Å². The maximum atomic E-state index is 2.33. The van der Waals surface area contributed by atoms with E-state index in [9.17, 15) is 0 Å². The molecule has 3 rings (SSSR count). The Bertz CT molecular complexity index is 668. The molecule has 0 unspecified atom stereocenters. The molecule has 1 nitrogen and oxygen atoms in total. The molecule has 0 amide bonds. The fraction of sp³-hybridized carbons (Fsp3) is 0.400. The minimum atomic E-state index is 0. The standard InChI is InChI=1S/C20H26N.BrH/c1-15-13-14-19(21(2,3)4)20-17(15)11-7-5-9-16-10-6-8-12-18(16)20;/h6,8,10,12-14H,5,7,9,11H2,1-4H3;1H/q+1;/p-1. The Kier molecular flexibility index (Phi) is 5.14. The molecule has 22 heavy (non-hydrogen) atoms. The lowest BCUT2D eigenvalue weighted by Crippen LogP contribution is -3.00. The highest BCUT2D eigenvalue weighted by Crippen LogP contribution is 2.41. The monoisotopic (exact) mass is 359 g/mol. The zero-order valence-corrected chi connectivity index (χ0v) is 15.7. The van der Waals surface area contributed by atoms with Crippen molar-refractivity contribution in [1.29, 1.82) is 0 Å². The zero-order valence-electron chi connectivity index (χ0n) is 14.1. The van der Waals surface area contributed by atoms with Crippen LogP contribution in [-0.2, 0) is 12.8 Å². The number of hydrogen-bond donors (Lipinski definition) is 0. The number of fused-ring (bicyclic) bond motifs is 3. The van der Waals surface area contributed by atoms with Crippen LogP contribution in [0.4, 0.5) is 5.69 Å². The van der Waals surface area contributed by atoms with Crippen molar-refractivity contribution in [3.05, 3.63) is 53.1 Å². The molecule has 0 N–H and O–H groups in total. The highest BCUT2D eigenvalue weighted by atomic mass is 79.9. The molecule has 1 aliphatic carbocycles. The van der Waals surface area contributed by atoms with E-state index >= 15 is 0 Å². The van der Waals surface area contributed by atoms with Gasteiger partial charge in [0.15, 0.2) is 0 Å². The van der Waals surface area contributed by atoms with Crippen LogP contribution in [-0.4, -0.2) is 21.1 Å². The average Bonchev–Trinajstić information content (AvgIpc) is 2.41. The number of aryl methyl sites for hydroxylation is 2. The summed E-state index contributed by atoms with van der Waals surface area (Å²) in [5.74, 6) is 0. The summed E-state index contributed by atoms with van der Waals surface area (Å²) < 4.78 is 0.872. The Labute approximate surface area is 145 Å². The molecule has 2 aromatic rings. The van der Waals surface area contributed by atoms with Gasteiger partial charge >= 0.3 is 0 Å². The van der Waals surface area contributed by atoms with Crippen molar-refractivity contribution in [2.75, 3.05) is 21.1 Å². The summed E-state index contributed by atoms with van der Waals surface area (Å²) in [5.41, 5.74) is 8.91. The second kappa shape index (κ2) is 6.55. The molecule has 0 spiro atoms. The van der Waals surface area contributed by atoms with E-state index < -0.39 is 0 Å². The van der Waals surface area contributed by atoms with E-state index in [2.05, 4.69) is 64.5 Å². The highest BCUT2D eigenvalue weighted by Gasteiger charge is 2.25. The predicted molar refractivity (Wildman–Crippen MR) is 92.8 cm³/mol. The quantitative estimate of drug-likeness (QED) is 0.680. The van der Waals surface area contributed by atoms with Crippen LogP contribution >= 0.6 is 0 Å². The van der Waals surface area contributed by atoms with Gasteiger partial charge in [0.05, 0.1) is 21.1 Å². The van der Waals surface area contributed by atoms with E-state index in [1.165, 1.54) is 53.6 Å². The molecule has 0 bridgehead atoms. The minimum Gasteiger partial charge on any atom is -1.00 e. The lowest BCUT2D eigenvalue weighted by atomic mass is 9.84. The van der Waals surface area contributed by atoms with Crippen molar-refractivity contribution in [1.82, 2.24) is 4.48 Å². The summed E-state index contributed by atoms with van der Waals surface area (Å²) in [6.45, 7) is 2.27. The van der Waals surface area contributed by atoms with Gasteiger partial charge in [0.1, 0.15) is 5.69 Å². The molecular weight excluding hydrogens is 334 g/mol. The molecule has 0 aliphatic heterocycles. The van der Waals surface area contributed by atoms with Crippen molar-refractivity contribution in [3.8, 4) is 11.1 Å². The van der Waals surface area contributed by atoms with Crippen LogP contribution in [0.5, 0.6) is 0 Å². The van der Waals surface area contributed by atoms with Crippen LogP contribution in [0.2, 0.25) is 0 Å². The smallest absolute Gasteiger partial charge is 0.140 e. The SMILES string of the molecule is Cc1ccc([N+](C)(C)C)c2c1CCCCc1ccccc1-2.[Br-]. The Morgan fingerprint density at radius 1 is 0.864 bits per heavy atom. The fourth-order valence-electron chi connectivity index (χ4n) is 3.52. The third-order valence-corrected chi connectivity index (χ3v) is 4.66. The van der Waals surface area contributed by atoms with Crippen LogP contribution in [0.25, 0.3) is 11.1 Å². The van der Waals surface area contributed by atoms with E-state index in [-0.39, 0.29) is 17.0 Å². The third kappa shape index (κ3) is 3.13. The van der Waals surface area contributed by atoms with Gasteiger partial charge in [0.2, 0.25) is 0 Å². The van der Waals surface area contributed by atoms with Crippen LogP contribution in [0, 0.1) is 6.92 Å². The first kappa shape index (κ1) is 17.2. The van der Waals surface area contributed by atoms with Crippen molar-refractivity contribution < 1.29 is 17.0 Å². The summed E-state index contributed by atoms with van der Waals surface area (Å²) in [5, 5.41) is 0. The summed E-state index contributed by atoms with van der Waals surface area (Å²) in [6.07, 6.45) is 5.01. The van der Waals surface area contributed by atoms with Crippen LogP contribution in [0.3, 0.4) is 0 Å². The minimum absolute atomic E-state index is 0. The maximum absolute atomic E-state index is 2.33. The molecule has 0 radical (unpaired) electrons. The predicted octanol–water partition coefficient (Wildman–Crippen LogP) is 1.74. The molecule has 0 saturated carbocycles. The van der Waals surface area contributed by atoms with E-state index in [1.807, 2.05) is 0 Å². The normalized spacial score (nSPS) is 14.2. The van der Waals surface area contributed by atoms with Gasteiger partial charge in [0, 0.05) is 11.6 Å². The van der Waals surface area contributed by atoms with E-state index in [0.29, 0.717) is 0 Å². The molecule has 118 valence electrons.